The Kier molecular flexibility index (Phi) is 3.44. The minimum absolute atomic E-state index is 0.246. The molecule has 0 aliphatic carbocycles. The van der Waals surface area contributed by atoms with Crippen molar-refractivity contribution in [3.8, 4) is 0 Å². The van der Waals surface area contributed by atoms with Crippen LogP contribution < -0.4 is 0 Å². The molecule has 0 spiro atoms. The minimum Gasteiger partial charge on any atom is -0.378 e. The molecule has 0 unspecified atom stereocenters. The molecule has 3 heterocycles. The number of H-pyrrole nitrogens is 2. The summed E-state index contributed by atoms with van der Waals surface area (Å²) in [6.07, 6.45) is 3.87. The van der Waals surface area contributed by atoms with Crippen LogP contribution >= 0.6 is 0 Å². The highest BCUT2D eigenvalue weighted by molar-refractivity contribution is 5.79. The number of ether oxygens (including phenoxy) is 1. The van der Waals surface area contributed by atoms with E-state index in [4.69, 9.17) is 4.74 Å². The lowest BCUT2D eigenvalue weighted by Gasteiger charge is -2.35. The second kappa shape index (κ2) is 5.59. The average molecular weight is 296 g/mol. The normalized spacial score (nSPS) is 19.8. The SMILES string of the molecule is Cc1cn[nH]c1[C@H]1COCCN1Cc1ccc2cc[nH]c2c1. The molecule has 4 rings (SSSR count). The number of benzene rings is 1. The van der Waals surface area contributed by atoms with Gasteiger partial charge in [0.25, 0.3) is 0 Å². The summed E-state index contributed by atoms with van der Waals surface area (Å²) in [7, 11) is 0. The molecule has 1 fully saturated rings. The highest BCUT2D eigenvalue weighted by Crippen LogP contribution is 2.27. The van der Waals surface area contributed by atoms with Gasteiger partial charge in [-0.05, 0) is 35.6 Å². The second-order valence-corrected chi connectivity index (χ2v) is 5.93. The first kappa shape index (κ1) is 13.5. The topological polar surface area (TPSA) is 56.9 Å². The van der Waals surface area contributed by atoms with Crippen molar-refractivity contribution in [3.05, 3.63) is 53.5 Å². The molecule has 3 aromatic rings. The van der Waals surface area contributed by atoms with Crippen molar-refractivity contribution in [3.63, 3.8) is 0 Å². The minimum atomic E-state index is 0.246. The number of aromatic nitrogens is 3. The van der Waals surface area contributed by atoms with Crippen LogP contribution in [0.2, 0.25) is 0 Å². The van der Waals surface area contributed by atoms with Gasteiger partial charge in [0.2, 0.25) is 0 Å². The summed E-state index contributed by atoms with van der Waals surface area (Å²) >= 11 is 0. The third-order valence-electron chi connectivity index (χ3n) is 4.45. The number of nitrogens with one attached hydrogen (secondary N) is 2. The Hall–Kier alpha value is -2.11. The monoisotopic (exact) mass is 296 g/mol. The number of hydrogen-bond acceptors (Lipinski definition) is 3. The predicted molar refractivity (Wildman–Crippen MR) is 85.6 cm³/mol. The van der Waals surface area contributed by atoms with Crippen LogP contribution in [0.5, 0.6) is 0 Å². The summed E-state index contributed by atoms with van der Waals surface area (Å²) in [4.78, 5) is 5.75. The van der Waals surface area contributed by atoms with E-state index in [9.17, 15) is 0 Å². The highest BCUT2D eigenvalue weighted by Gasteiger charge is 2.27. The molecule has 114 valence electrons. The lowest BCUT2D eigenvalue weighted by atomic mass is 10.1. The van der Waals surface area contributed by atoms with Crippen molar-refractivity contribution in [2.24, 2.45) is 0 Å². The van der Waals surface area contributed by atoms with E-state index in [-0.39, 0.29) is 6.04 Å². The van der Waals surface area contributed by atoms with Gasteiger partial charge < -0.3 is 9.72 Å². The zero-order valence-electron chi connectivity index (χ0n) is 12.7. The number of aromatic amines is 2. The summed E-state index contributed by atoms with van der Waals surface area (Å²) in [5.74, 6) is 0. The Morgan fingerprint density at radius 3 is 3.18 bits per heavy atom. The van der Waals surface area contributed by atoms with E-state index in [1.54, 1.807) is 0 Å². The Labute approximate surface area is 129 Å². The van der Waals surface area contributed by atoms with E-state index in [0.717, 1.165) is 19.7 Å². The molecule has 0 saturated carbocycles. The molecule has 1 aliphatic rings. The summed E-state index contributed by atoms with van der Waals surface area (Å²) in [6.45, 7) is 5.45. The van der Waals surface area contributed by atoms with Gasteiger partial charge in [-0.3, -0.25) is 10.00 Å². The standard InChI is InChI=1S/C17H20N4O/c1-12-9-19-20-17(12)16-11-22-7-6-21(16)10-13-2-3-14-4-5-18-15(14)8-13/h2-5,8-9,16,18H,6-7,10-11H2,1H3,(H,19,20)/t16-/m1/s1. The highest BCUT2D eigenvalue weighted by atomic mass is 16.5. The van der Waals surface area contributed by atoms with Gasteiger partial charge in [0, 0.05) is 24.8 Å². The number of hydrogen-bond donors (Lipinski definition) is 2. The number of aryl methyl sites for hydroxylation is 1. The van der Waals surface area contributed by atoms with Crippen LogP contribution in [0.1, 0.15) is 22.9 Å². The fraction of sp³-hybridized carbons (Fsp3) is 0.353. The van der Waals surface area contributed by atoms with Crippen LogP contribution in [0.4, 0.5) is 0 Å². The van der Waals surface area contributed by atoms with Crippen molar-refractivity contribution < 1.29 is 4.74 Å². The lowest BCUT2D eigenvalue weighted by molar-refractivity contribution is -0.0144. The average Bonchev–Trinajstić information content (AvgIpc) is 3.16. The van der Waals surface area contributed by atoms with E-state index in [1.807, 2.05) is 12.4 Å². The molecule has 1 atom stereocenters. The van der Waals surface area contributed by atoms with Crippen LogP contribution in [0.25, 0.3) is 10.9 Å². The van der Waals surface area contributed by atoms with Gasteiger partial charge in [0.15, 0.2) is 0 Å². The fourth-order valence-electron chi connectivity index (χ4n) is 3.21. The maximum atomic E-state index is 5.69. The fourth-order valence-corrected chi connectivity index (χ4v) is 3.21. The Bertz CT molecular complexity index is 776. The van der Waals surface area contributed by atoms with Gasteiger partial charge in [0.05, 0.1) is 31.1 Å². The molecule has 5 nitrogen and oxygen atoms in total. The number of morpholine rings is 1. The van der Waals surface area contributed by atoms with Crippen molar-refractivity contribution in [2.75, 3.05) is 19.8 Å². The van der Waals surface area contributed by atoms with Crippen LogP contribution in [-0.4, -0.2) is 39.8 Å². The van der Waals surface area contributed by atoms with Gasteiger partial charge in [0.1, 0.15) is 0 Å². The second-order valence-electron chi connectivity index (χ2n) is 5.93. The maximum Gasteiger partial charge on any atom is 0.0758 e. The van der Waals surface area contributed by atoms with E-state index in [1.165, 1.54) is 27.7 Å². The third kappa shape index (κ3) is 2.42. The summed E-state index contributed by atoms with van der Waals surface area (Å²) in [6, 6.07) is 8.97. The van der Waals surface area contributed by atoms with Crippen molar-refractivity contribution in [2.45, 2.75) is 19.5 Å². The smallest absolute Gasteiger partial charge is 0.0758 e. The molecular formula is C17H20N4O. The Morgan fingerprint density at radius 1 is 1.36 bits per heavy atom. The van der Waals surface area contributed by atoms with Gasteiger partial charge >= 0.3 is 0 Å². The van der Waals surface area contributed by atoms with Crippen LogP contribution in [0.3, 0.4) is 0 Å². The molecule has 5 heteroatoms. The summed E-state index contributed by atoms with van der Waals surface area (Å²) in [5, 5.41) is 8.55. The molecule has 2 aromatic heterocycles. The van der Waals surface area contributed by atoms with Crippen LogP contribution in [0, 0.1) is 6.92 Å². The molecule has 1 aromatic carbocycles. The Balaban J connectivity index is 1.60. The largest absolute Gasteiger partial charge is 0.378 e. The Morgan fingerprint density at radius 2 is 2.32 bits per heavy atom. The molecule has 1 saturated heterocycles. The van der Waals surface area contributed by atoms with Crippen molar-refractivity contribution >= 4 is 10.9 Å². The predicted octanol–water partition coefficient (Wildman–Crippen LogP) is 2.77. The van der Waals surface area contributed by atoms with E-state index >= 15 is 0 Å². The van der Waals surface area contributed by atoms with Gasteiger partial charge in [-0.25, -0.2) is 0 Å². The molecule has 0 bridgehead atoms. The van der Waals surface area contributed by atoms with Gasteiger partial charge in [-0.1, -0.05) is 12.1 Å². The maximum absolute atomic E-state index is 5.69. The molecule has 0 radical (unpaired) electrons. The number of fused-ring (bicyclic) bond motifs is 1. The first-order valence-electron chi connectivity index (χ1n) is 7.69. The van der Waals surface area contributed by atoms with Gasteiger partial charge in [-0.15, -0.1) is 0 Å². The first-order chi connectivity index (χ1) is 10.8. The van der Waals surface area contributed by atoms with Crippen molar-refractivity contribution in [1.29, 1.82) is 0 Å². The molecule has 2 N–H and O–H groups in total. The molecule has 22 heavy (non-hydrogen) atoms. The zero-order valence-corrected chi connectivity index (χ0v) is 12.7. The van der Waals surface area contributed by atoms with Gasteiger partial charge in [-0.2, -0.15) is 5.10 Å². The van der Waals surface area contributed by atoms with Crippen LogP contribution in [0.15, 0.2) is 36.7 Å². The van der Waals surface area contributed by atoms with E-state index in [2.05, 4.69) is 51.3 Å². The molecule has 1 aliphatic heterocycles. The lowest BCUT2D eigenvalue weighted by Crippen LogP contribution is -2.39. The van der Waals surface area contributed by atoms with E-state index in [0.29, 0.717) is 6.61 Å². The molecular weight excluding hydrogens is 276 g/mol. The quantitative estimate of drug-likeness (QED) is 0.781. The van der Waals surface area contributed by atoms with Crippen LogP contribution in [-0.2, 0) is 11.3 Å². The number of nitrogens with zero attached hydrogens (tertiary/aromatic N) is 2. The van der Waals surface area contributed by atoms with Crippen molar-refractivity contribution in [1.82, 2.24) is 20.1 Å². The molecule has 0 amide bonds. The summed E-state index contributed by atoms with van der Waals surface area (Å²) in [5.41, 5.74) is 4.88. The number of rotatable bonds is 3. The first-order valence-corrected chi connectivity index (χ1v) is 7.69. The summed E-state index contributed by atoms with van der Waals surface area (Å²) < 4.78 is 5.69. The third-order valence-corrected chi connectivity index (χ3v) is 4.45. The van der Waals surface area contributed by atoms with E-state index < -0.39 is 0 Å². The zero-order chi connectivity index (χ0) is 14.9.